The molecule has 6 heteroatoms. The van der Waals surface area contributed by atoms with Crippen molar-refractivity contribution in [2.24, 2.45) is 7.05 Å². The number of rotatable bonds is 5. The molecule has 96 valence electrons. The first-order valence-corrected chi connectivity index (χ1v) is 6.61. The highest BCUT2D eigenvalue weighted by molar-refractivity contribution is 9.09. The van der Waals surface area contributed by atoms with E-state index < -0.39 is 12.1 Å². The van der Waals surface area contributed by atoms with Crippen molar-refractivity contribution in [2.75, 3.05) is 5.33 Å². The zero-order valence-electron chi connectivity index (χ0n) is 9.84. The molecule has 0 saturated carbocycles. The molecule has 0 radical (unpaired) electrons. The zero-order chi connectivity index (χ0) is 13.1. The van der Waals surface area contributed by atoms with Gasteiger partial charge in [-0.05, 0) is 12.1 Å². The fraction of sp³-hybridized carbons (Fsp3) is 0.333. The fourth-order valence-electron chi connectivity index (χ4n) is 1.69. The topological polar surface area (TPSA) is 64.4 Å². The van der Waals surface area contributed by atoms with Gasteiger partial charge in [-0.2, -0.15) is 5.10 Å². The standard InChI is InChI=1S/C12H13BrN2O3/c1-15-10-6-9(3-2-8(10)7-14-15)18-11(4-5-13)12(16)17/h2-3,6-7,11H,4-5H2,1H3,(H,16,17). The quantitative estimate of drug-likeness (QED) is 0.860. The predicted octanol–water partition coefficient (Wildman–Crippen LogP) is 2.19. The number of aliphatic carboxylic acids is 1. The maximum absolute atomic E-state index is 11.0. The van der Waals surface area contributed by atoms with Crippen LogP contribution in [0.15, 0.2) is 24.4 Å². The number of alkyl halides is 1. The number of ether oxygens (including phenoxy) is 1. The molecule has 1 unspecified atom stereocenters. The summed E-state index contributed by atoms with van der Waals surface area (Å²) >= 11 is 3.22. The van der Waals surface area contributed by atoms with E-state index in [0.29, 0.717) is 17.5 Å². The SMILES string of the molecule is Cn1ncc2ccc(OC(CCBr)C(=O)O)cc21. The van der Waals surface area contributed by atoms with E-state index in [-0.39, 0.29) is 0 Å². The molecule has 5 nitrogen and oxygen atoms in total. The highest BCUT2D eigenvalue weighted by Crippen LogP contribution is 2.21. The van der Waals surface area contributed by atoms with Gasteiger partial charge in [-0.15, -0.1) is 0 Å². The van der Waals surface area contributed by atoms with Gasteiger partial charge in [-0.3, -0.25) is 4.68 Å². The largest absolute Gasteiger partial charge is 0.479 e. The summed E-state index contributed by atoms with van der Waals surface area (Å²) in [7, 11) is 1.83. The second-order valence-corrected chi connectivity index (χ2v) is 4.70. The lowest BCUT2D eigenvalue weighted by molar-refractivity contribution is -0.145. The van der Waals surface area contributed by atoms with Gasteiger partial charge in [0.05, 0.1) is 11.7 Å². The van der Waals surface area contributed by atoms with Crippen molar-refractivity contribution in [3.05, 3.63) is 24.4 Å². The number of halogens is 1. The van der Waals surface area contributed by atoms with E-state index in [9.17, 15) is 4.79 Å². The molecule has 1 N–H and O–H groups in total. The number of benzene rings is 1. The van der Waals surface area contributed by atoms with E-state index in [1.165, 1.54) is 0 Å². The van der Waals surface area contributed by atoms with E-state index in [1.807, 2.05) is 13.1 Å². The Morgan fingerprint density at radius 3 is 3.06 bits per heavy atom. The van der Waals surface area contributed by atoms with Crippen LogP contribution in [-0.4, -0.2) is 32.3 Å². The number of fused-ring (bicyclic) bond motifs is 1. The predicted molar refractivity (Wildman–Crippen MR) is 71.2 cm³/mol. The van der Waals surface area contributed by atoms with E-state index in [4.69, 9.17) is 9.84 Å². The van der Waals surface area contributed by atoms with Gasteiger partial charge in [-0.1, -0.05) is 15.9 Å². The zero-order valence-corrected chi connectivity index (χ0v) is 11.4. The van der Waals surface area contributed by atoms with Gasteiger partial charge in [0, 0.05) is 30.3 Å². The van der Waals surface area contributed by atoms with Crippen LogP contribution >= 0.6 is 15.9 Å². The van der Waals surface area contributed by atoms with Crippen molar-refractivity contribution in [1.29, 1.82) is 0 Å². The number of nitrogens with zero attached hydrogens (tertiary/aromatic N) is 2. The summed E-state index contributed by atoms with van der Waals surface area (Å²) in [6, 6.07) is 5.42. The number of hydrogen-bond donors (Lipinski definition) is 1. The Bertz CT molecular complexity index is 567. The summed E-state index contributed by atoms with van der Waals surface area (Å²) in [4.78, 5) is 11.0. The summed E-state index contributed by atoms with van der Waals surface area (Å²) in [5, 5.41) is 14.7. The summed E-state index contributed by atoms with van der Waals surface area (Å²) in [6.07, 6.45) is 1.33. The van der Waals surface area contributed by atoms with Gasteiger partial charge < -0.3 is 9.84 Å². The van der Waals surface area contributed by atoms with Crippen molar-refractivity contribution in [1.82, 2.24) is 9.78 Å². The third-order valence-corrected chi connectivity index (χ3v) is 3.10. The molecular formula is C12H13BrN2O3. The van der Waals surface area contributed by atoms with E-state index in [0.717, 1.165) is 10.9 Å². The van der Waals surface area contributed by atoms with Crippen molar-refractivity contribution < 1.29 is 14.6 Å². The van der Waals surface area contributed by atoms with Gasteiger partial charge in [0.1, 0.15) is 5.75 Å². The fourth-order valence-corrected chi connectivity index (χ4v) is 2.11. The van der Waals surface area contributed by atoms with Crippen LogP contribution in [0.5, 0.6) is 5.75 Å². The smallest absolute Gasteiger partial charge is 0.344 e. The van der Waals surface area contributed by atoms with Crippen LogP contribution in [0.3, 0.4) is 0 Å². The van der Waals surface area contributed by atoms with Crippen LogP contribution in [0.4, 0.5) is 0 Å². The minimum absolute atomic E-state index is 0.415. The average Bonchev–Trinajstić information content (AvgIpc) is 2.70. The summed E-state index contributed by atoms with van der Waals surface area (Å²) < 4.78 is 7.20. The molecule has 0 amide bonds. The van der Waals surface area contributed by atoms with Gasteiger partial charge in [-0.25, -0.2) is 4.79 Å². The summed E-state index contributed by atoms with van der Waals surface area (Å²) in [5.74, 6) is -0.418. The second kappa shape index (κ2) is 5.39. The first-order chi connectivity index (χ1) is 8.61. The lowest BCUT2D eigenvalue weighted by Gasteiger charge is -2.14. The number of carbonyl (C=O) groups is 1. The number of aromatic nitrogens is 2. The molecule has 0 saturated heterocycles. The van der Waals surface area contributed by atoms with Gasteiger partial charge in [0.15, 0.2) is 6.10 Å². The molecule has 0 fully saturated rings. The normalized spacial score (nSPS) is 12.6. The van der Waals surface area contributed by atoms with Crippen LogP contribution in [0.1, 0.15) is 6.42 Å². The molecule has 1 heterocycles. The van der Waals surface area contributed by atoms with Crippen LogP contribution in [0.2, 0.25) is 0 Å². The molecule has 0 bridgehead atoms. The molecule has 2 aromatic rings. The Morgan fingerprint density at radius 1 is 1.61 bits per heavy atom. The number of hydrogen-bond acceptors (Lipinski definition) is 3. The van der Waals surface area contributed by atoms with Crippen LogP contribution in [0, 0.1) is 0 Å². The Hall–Kier alpha value is -1.56. The minimum Gasteiger partial charge on any atom is -0.479 e. The summed E-state index contributed by atoms with van der Waals surface area (Å²) in [6.45, 7) is 0. The van der Waals surface area contributed by atoms with Crippen LogP contribution in [-0.2, 0) is 11.8 Å². The first-order valence-electron chi connectivity index (χ1n) is 5.49. The average molecular weight is 313 g/mol. The Morgan fingerprint density at radius 2 is 2.39 bits per heavy atom. The molecule has 1 atom stereocenters. The molecule has 0 aliphatic heterocycles. The molecule has 2 rings (SSSR count). The van der Waals surface area contributed by atoms with E-state index in [2.05, 4.69) is 21.0 Å². The van der Waals surface area contributed by atoms with E-state index in [1.54, 1.807) is 23.0 Å². The first kappa shape index (κ1) is 12.9. The van der Waals surface area contributed by atoms with Gasteiger partial charge in [0.2, 0.25) is 0 Å². The number of carboxylic acid groups (broad SMARTS) is 1. The third-order valence-electron chi connectivity index (χ3n) is 2.65. The highest BCUT2D eigenvalue weighted by atomic mass is 79.9. The van der Waals surface area contributed by atoms with Crippen LogP contribution in [0.25, 0.3) is 10.9 Å². The third kappa shape index (κ3) is 2.64. The van der Waals surface area contributed by atoms with Crippen LogP contribution < -0.4 is 4.74 Å². The highest BCUT2D eigenvalue weighted by Gasteiger charge is 2.18. The maximum atomic E-state index is 11.0. The minimum atomic E-state index is -0.959. The maximum Gasteiger partial charge on any atom is 0.344 e. The molecular weight excluding hydrogens is 300 g/mol. The lowest BCUT2D eigenvalue weighted by Crippen LogP contribution is -2.27. The van der Waals surface area contributed by atoms with Gasteiger partial charge >= 0.3 is 5.97 Å². The van der Waals surface area contributed by atoms with E-state index >= 15 is 0 Å². The van der Waals surface area contributed by atoms with Crippen molar-refractivity contribution in [2.45, 2.75) is 12.5 Å². The second-order valence-electron chi connectivity index (χ2n) is 3.91. The number of aryl methyl sites for hydroxylation is 1. The molecule has 0 spiro atoms. The Balaban J connectivity index is 2.24. The summed E-state index contributed by atoms with van der Waals surface area (Å²) in [5.41, 5.74) is 0.912. The Labute approximate surface area is 112 Å². The Kier molecular flexibility index (Phi) is 3.86. The van der Waals surface area contributed by atoms with Gasteiger partial charge in [0.25, 0.3) is 0 Å². The van der Waals surface area contributed by atoms with Crippen molar-refractivity contribution >= 4 is 32.8 Å². The monoisotopic (exact) mass is 312 g/mol. The number of carboxylic acids is 1. The van der Waals surface area contributed by atoms with Crippen molar-refractivity contribution in [3.63, 3.8) is 0 Å². The van der Waals surface area contributed by atoms with Crippen molar-refractivity contribution in [3.8, 4) is 5.75 Å². The molecule has 18 heavy (non-hydrogen) atoms. The molecule has 1 aromatic carbocycles. The lowest BCUT2D eigenvalue weighted by atomic mass is 10.2. The molecule has 0 aliphatic rings. The molecule has 1 aromatic heterocycles. The molecule has 0 aliphatic carbocycles.